The number of rotatable bonds is 1. The van der Waals surface area contributed by atoms with E-state index in [4.69, 9.17) is 5.73 Å². The summed E-state index contributed by atoms with van der Waals surface area (Å²) >= 11 is 0. The average molecular weight is 217 g/mol. The Morgan fingerprint density at radius 3 is 2.56 bits per heavy atom. The molecule has 0 atom stereocenters. The summed E-state index contributed by atoms with van der Waals surface area (Å²) in [5.74, 6) is 0. The predicted octanol–water partition coefficient (Wildman–Crippen LogP) is 2.94. The minimum absolute atomic E-state index is 0.0127. The molecule has 3 heteroatoms. The van der Waals surface area contributed by atoms with Gasteiger partial charge in [0.1, 0.15) is 0 Å². The number of nitrogens with zero attached hydrogens (tertiary/aromatic N) is 2. The lowest BCUT2D eigenvalue weighted by atomic mass is 10.1. The molecular formula is C13H19N3. The lowest BCUT2D eigenvalue weighted by Crippen LogP contribution is -2.21. The fourth-order valence-electron chi connectivity index (χ4n) is 1.85. The second-order valence-electron chi connectivity index (χ2n) is 5.22. The summed E-state index contributed by atoms with van der Waals surface area (Å²) in [6, 6.07) is 4.01. The van der Waals surface area contributed by atoms with Gasteiger partial charge >= 0.3 is 0 Å². The molecule has 1 aromatic carbocycles. The molecular weight excluding hydrogens is 198 g/mol. The highest BCUT2D eigenvalue weighted by molar-refractivity contribution is 5.85. The fraction of sp³-hybridized carbons (Fsp3) is 0.462. The Morgan fingerprint density at radius 2 is 2.00 bits per heavy atom. The number of nitrogen functional groups attached to an aromatic ring is 1. The van der Waals surface area contributed by atoms with Gasteiger partial charge in [-0.05, 0) is 44.9 Å². The Bertz CT molecular complexity index is 518. The number of aryl methyl sites for hydroxylation is 1. The number of aromatic nitrogens is 2. The van der Waals surface area contributed by atoms with Crippen molar-refractivity contribution in [3.05, 3.63) is 23.9 Å². The molecule has 2 N–H and O–H groups in total. The van der Waals surface area contributed by atoms with Crippen molar-refractivity contribution in [2.45, 2.75) is 39.7 Å². The van der Waals surface area contributed by atoms with Gasteiger partial charge in [-0.3, -0.25) is 4.68 Å². The summed E-state index contributed by atoms with van der Waals surface area (Å²) in [5, 5.41) is 5.79. The zero-order valence-electron chi connectivity index (χ0n) is 10.4. The van der Waals surface area contributed by atoms with E-state index in [2.05, 4.69) is 39.0 Å². The summed E-state index contributed by atoms with van der Waals surface area (Å²) < 4.78 is 2.01. The first kappa shape index (κ1) is 11.0. The number of anilines is 1. The van der Waals surface area contributed by atoms with E-state index >= 15 is 0 Å². The van der Waals surface area contributed by atoms with Crippen LogP contribution in [0, 0.1) is 0 Å². The molecule has 0 saturated heterocycles. The van der Waals surface area contributed by atoms with Crippen LogP contribution < -0.4 is 5.73 Å². The molecule has 0 amide bonds. The quantitative estimate of drug-likeness (QED) is 0.746. The van der Waals surface area contributed by atoms with Crippen LogP contribution in [0.3, 0.4) is 0 Å². The van der Waals surface area contributed by atoms with Crippen molar-refractivity contribution in [1.29, 1.82) is 0 Å². The van der Waals surface area contributed by atoms with Crippen LogP contribution in [0.5, 0.6) is 0 Å². The summed E-state index contributed by atoms with van der Waals surface area (Å²) in [5.41, 5.74) is 9.01. The molecule has 3 nitrogen and oxygen atoms in total. The number of hydrogen-bond acceptors (Lipinski definition) is 2. The van der Waals surface area contributed by atoms with E-state index in [-0.39, 0.29) is 5.54 Å². The van der Waals surface area contributed by atoms with Crippen LogP contribution in [-0.2, 0) is 12.0 Å². The zero-order valence-corrected chi connectivity index (χ0v) is 10.4. The number of nitrogens with two attached hydrogens (primary N) is 1. The number of fused-ring (bicyclic) bond motifs is 1. The van der Waals surface area contributed by atoms with E-state index in [1.165, 1.54) is 5.56 Å². The zero-order chi connectivity index (χ0) is 11.9. The van der Waals surface area contributed by atoms with Gasteiger partial charge in [0.2, 0.25) is 0 Å². The first-order valence-electron chi connectivity index (χ1n) is 5.70. The summed E-state index contributed by atoms with van der Waals surface area (Å²) in [6.07, 6.45) is 3.04. The second-order valence-corrected chi connectivity index (χ2v) is 5.22. The summed E-state index contributed by atoms with van der Waals surface area (Å²) in [7, 11) is 0. The van der Waals surface area contributed by atoms with E-state index < -0.39 is 0 Å². The summed E-state index contributed by atoms with van der Waals surface area (Å²) in [6.45, 7) is 8.57. The van der Waals surface area contributed by atoms with Crippen LogP contribution in [0.2, 0.25) is 0 Å². The Labute approximate surface area is 96.2 Å². The van der Waals surface area contributed by atoms with Gasteiger partial charge in [-0.25, -0.2) is 0 Å². The molecule has 0 aliphatic carbocycles. The molecule has 0 fully saturated rings. The Balaban J connectivity index is 2.70. The van der Waals surface area contributed by atoms with E-state index in [0.29, 0.717) is 0 Å². The van der Waals surface area contributed by atoms with Crippen molar-refractivity contribution in [1.82, 2.24) is 9.78 Å². The van der Waals surface area contributed by atoms with E-state index in [0.717, 1.165) is 23.0 Å². The molecule has 0 aliphatic rings. The lowest BCUT2D eigenvalue weighted by molar-refractivity contribution is 0.358. The maximum absolute atomic E-state index is 5.88. The molecule has 0 bridgehead atoms. The van der Waals surface area contributed by atoms with Crippen LogP contribution in [-0.4, -0.2) is 9.78 Å². The van der Waals surface area contributed by atoms with Gasteiger partial charge < -0.3 is 5.73 Å². The Morgan fingerprint density at radius 1 is 1.31 bits per heavy atom. The average Bonchev–Trinajstić information content (AvgIpc) is 2.59. The van der Waals surface area contributed by atoms with Crippen molar-refractivity contribution in [2.75, 3.05) is 5.73 Å². The Kier molecular flexibility index (Phi) is 2.41. The number of benzene rings is 1. The van der Waals surface area contributed by atoms with Gasteiger partial charge in [0.15, 0.2) is 0 Å². The molecule has 0 aliphatic heterocycles. The maximum Gasteiger partial charge on any atom is 0.0956 e. The van der Waals surface area contributed by atoms with Gasteiger partial charge in [0.25, 0.3) is 0 Å². The van der Waals surface area contributed by atoms with Crippen LogP contribution in [0.4, 0.5) is 5.69 Å². The monoisotopic (exact) mass is 217 g/mol. The third-order valence-electron chi connectivity index (χ3n) is 2.78. The molecule has 86 valence electrons. The Hall–Kier alpha value is -1.51. The van der Waals surface area contributed by atoms with Gasteiger partial charge in [0.05, 0.1) is 11.1 Å². The molecule has 1 aromatic heterocycles. The predicted molar refractivity (Wildman–Crippen MR) is 68.5 cm³/mol. The van der Waals surface area contributed by atoms with Crippen molar-refractivity contribution >= 4 is 16.6 Å². The van der Waals surface area contributed by atoms with E-state index in [9.17, 15) is 0 Å². The fourth-order valence-corrected chi connectivity index (χ4v) is 1.85. The minimum Gasteiger partial charge on any atom is -0.399 e. The minimum atomic E-state index is 0.0127. The van der Waals surface area contributed by atoms with Gasteiger partial charge in [0, 0.05) is 17.3 Å². The van der Waals surface area contributed by atoms with Crippen LogP contribution in [0.15, 0.2) is 18.3 Å². The molecule has 2 aromatic rings. The first-order chi connectivity index (χ1) is 7.41. The lowest BCUT2D eigenvalue weighted by Gasteiger charge is -2.18. The van der Waals surface area contributed by atoms with Crippen molar-refractivity contribution in [2.24, 2.45) is 0 Å². The largest absolute Gasteiger partial charge is 0.399 e. The van der Waals surface area contributed by atoms with Gasteiger partial charge in [-0.15, -0.1) is 0 Å². The van der Waals surface area contributed by atoms with Crippen LogP contribution in [0.25, 0.3) is 10.9 Å². The van der Waals surface area contributed by atoms with Gasteiger partial charge in [-0.1, -0.05) is 6.92 Å². The SMILES string of the molecule is CCc1cc(N)cc2cn(C(C)(C)C)nc12. The van der Waals surface area contributed by atoms with Gasteiger partial charge in [-0.2, -0.15) is 5.10 Å². The highest BCUT2D eigenvalue weighted by Gasteiger charge is 2.16. The normalized spacial score (nSPS) is 12.2. The highest BCUT2D eigenvalue weighted by atomic mass is 15.3. The third kappa shape index (κ3) is 1.77. The molecule has 0 unspecified atom stereocenters. The molecule has 0 saturated carbocycles. The molecule has 16 heavy (non-hydrogen) atoms. The maximum atomic E-state index is 5.88. The molecule has 0 radical (unpaired) electrons. The third-order valence-corrected chi connectivity index (χ3v) is 2.78. The van der Waals surface area contributed by atoms with Crippen molar-refractivity contribution in [3.8, 4) is 0 Å². The molecule has 1 heterocycles. The second kappa shape index (κ2) is 3.51. The van der Waals surface area contributed by atoms with Crippen molar-refractivity contribution < 1.29 is 0 Å². The first-order valence-corrected chi connectivity index (χ1v) is 5.70. The highest BCUT2D eigenvalue weighted by Crippen LogP contribution is 2.24. The van der Waals surface area contributed by atoms with E-state index in [1.54, 1.807) is 0 Å². The van der Waals surface area contributed by atoms with Crippen LogP contribution in [0.1, 0.15) is 33.3 Å². The summed E-state index contributed by atoms with van der Waals surface area (Å²) in [4.78, 5) is 0. The molecule has 0 spiro atoms. The molecule has 2 rings (SSSR count). The van der Waals surface area contributed by atoms with Crippen LogP contribution >= 0.6 is 0 Å². The van der Waals surface area contributed by atoms with E-state index in [1.807, 2.05) is 16.8 Å². The number of hydrogen-bond donors (Lipinski definition) is 1. The topological polar surface area (TPSA) is 43.8 Å². The van der Waals surface area contributed by atoms with Crippen molar-refractivity contribution in [3.63, 3.8) is 0 Å². The smallest absolute Gasteiger partial charge is 0.0956 e. The standard InChI is InChI=1S/C13H19N3/c1-5-9-6-11(14)7-10-8-16(13(2,3)4)15-12(9)10/h6-8H,5,14H2,1-4H3.